The molecule has 1 aliphatic heterocycles. The first-order valence-electron chi connectivity index (χ1n) is 9.60. The summed E-state index contributed by atoms with van der Waals surface area (Å²) in [6.45, 7) is 12.7. The molecule has 25 heavy (non-hydrogen) atoms. The number of hydrogen-bond acceptors (Lipinski definition) is 3. The molecule has 2 rings (SSSR count). The van der Waals surface area contributed by atoms with Crippen molar-refractivity contribution in [1.82, 2.24) is 0 Å². The number of esters is 1. The Labute approximate surface area is 153 Å². The van der Waals surface area contributed by atoms with E-state index in [2.05, 4.69) is 39.5 Å². The average molecular weight is 347 g/mol. The summed E-state index contributed by atoms with van der Waals surface area (Å²) in [7, 11) is 0. The highest BCUT2D eigenvalue weighted by atomic mass is 16.6. The van der Waals surface area contributed by atoms with Gasteiger partial charge < -0.3 is 9.47 Å². The van der Waals surface area contributed by atoms with E-state index in [0.29, 0.717) is 18.6 Å². The van der Waals surface area contributed by atoms with Crippen LogP contribution in [0.3, 0.4) is 0 Å². The molecule has 3 heteroatoms. The minimum absolute atomic E-state index is 0.00570. The highest BCUT2D eigenvalue weighted by Crippen LogP contribution is 2.45. The van der Waals surface area contributed by atoms with E-state index in [1.165, 1.54) is 18.1 Å². The summed E-state index contributed by atoms with van der Waals surface area (Å²) < 4.78 is 11.2. The van der Waals surface area contributed by atoms with Crippen molar-refractivity contribution < 1.29 is 14.3 Å². The number of allylic oxidation sites excluding steroid dienone is 4. The van der Waals surface area contributed by atoms with E-state index in [9.17, 15) is 4.79 Å². The topological polar surface area (TPSA) is 38.8 Å². The van der Waals surface area contributed by atoms with Crippen LogP contribution in [0.15, 0.2) is 35.5 Å². The Hall–Kier alpha value is -1.35. The molecule has 0 spiro atoms. The highest BCUT2D eigenvalue weighted by molar-refractivity contribution is 5.66. The minimum Gasteiger partial charge on any atom is -0.461 e. The largest absolute Gasteiger partial charge is 0.461 e. The lowest BCUT2D eigenvalue weighted by atomic mass is 9.85. The van der Waals surface area contributed by atoms with Crippen molar-refractivity contribution in [3.63, 3.8) is 0 Å². The highest BCUT2D eigenvalue weighted by Gasteiger charge is 2.51. The lowest BCUT2D eigenvalue weighted by Gasteiger charge is -2.20. The van der Waals surface area contributed by atoms with Crippen LogP contribution in [0.4, 0.5) is 0 Å². The fourth-order valence-electron chi connectivity index (χ4n) is 3.62. The van der Waals surface area contributed by atoms with Gasteiger partial charge in [-0.3, -0.25) is 4.79 Å². The molecule has 0 radical (unpaired) electrons. The van der Waals surface area contributed by atoms with Crippen LogP contribution in [0.5, 0.6) is 0 Å². The summed E-state index contributed by atoms with van der Waals surface area (Å²) in [6, 6.07) is 0. The maximum atomic E-state index is 11.1. The second kappa shape index (κ2) is 8.84. The van der Waals surface area contributed by atoms with E-state index < -0.39 is 0 Å². The summed E-state index contributed by atoms with van der Waals surface area (Å²) >= 11 is 0. The molecular formula is C22H34O3. The molecular weight excluding hydrogens is 312 g/mol. The molecule has 1 saturated heterocycles. The molecule has 1 fully saturated rings. The van der Waals surface area contributed by atoms with Gasteiger partial charge in [-0.25, -0.2) is 0 Å². The molecule has 0 aromatic rings. The molecule has 3 nitrogen and oxygen atoms in total. The number of rotatable bonds is 3. The number of carbonyl (C=O) groups is 1. The van der Waals surface area contributed by atoms with Crippen LogP contribution in [-0.4, -0.2) is 24.3 Å². The average Bonchev–Trinajstić information content (AvgIpc) is 3.18. The van der Waals surface area contributed by atoms with Crippen molar-refractivity contribution in [2.24, 2.45) is 5.92 Å². The van der Waals surface area contributed by atoms with Gasteiger partial charge in [-0.1, -0.05) is 29.9 Å². The summed E-state index contributed by atoms with van der Waals surface area (Å²) in [5.74, 6) is 0.0996. The number of ether oxygens (including phenoxy) is 2. The smallest absolute Gasteiger partial charge is 0.302 e. The SMILES string of the molecule is C=C(COC(C)=O)[C@H]1CC/C(C)=C/CC/C(C)=C/CC[C@]2(C)O[C@H]2C1. The third-order valence-corrected chi connectivity index (χ3v) is 5.62. The minimum atomic E-state index is -0.243. The predicted molar refractivity (Wildman–Crippen MR) is 102 cm³/mol. The van der Waals surface area contributed by atoms with Gasteiger partial charge in [0.25, 0.3) is 0 Å². The van der Waals surface area contributed by atoms with E-state index >= 15 is 0 Å². The monoisotopic (exact) mass is 346 g/mol. The van der Waals surface area contributed by atoms with Gasteiger partial charge in [0.1, 0.15) is 6.61 Å². The van der Waals surface area contributed by atoms with E-state index in [0.717, 1.165) is 50.5 Å². The zero-order valence-electron chi connectivity index (χ0n) is 16.4. The Morgan fingerprint density at radius 1 is 1.28 bits per heavy atom. The van der Waals surface area contributed by atoms with E-state index in [-0.39, 0.29) is 11.6 Å². The zero-order valence-corrected chi connectivity index (χ0v) is 16.4. The Bertz CT molecular complexity index is 558. The van der Waals surface area contributed by atoms with Gasteiger partial charge in [0, 0.05) is 6.92 Å². The Morgan fingerprint density at radius 3 is 2.68 bits per heavy atom. The second-order valence-electron chi connectivity index (χ2n) is 8.01. The van der Waals surface area contributed by atoms with E-state index in [1.807, 2.05) is 0 Å². The molecule has 3 atom stereocenters. The van der Waals surface area contributed by atoms with Gasteiger partial charge in [-0.05, 0) is 77.2 Å². The van der Waals surface area contributed by atoms with Crippen LogP contribution < -0.4 is 0 Å². The molecule has 2 aliphatic rings. The van der Waals surface area contributed by atoms with Crippen LogP contribution in [0, 0.1) is 5.92 Å². The zero-order chi connectivity index (χ0) is 18.4. The molecule has 0 aromatic carbocycles. The number of carbonyl (C=O) groups excluding carboxylic acids is 1. The quantitative estimate of drug-likeness (QED) is 0.384. The normalized spacial score (nSPS) is 35.2. The standard InChI is InChI=1S/C22H34O3/c1-16-8-6-9-17(2)11-12-20(18(3)15-24-19(4)23)14-21-22(5,25-21)13-7-10-16/h9-10,20-21H,3,6-8,11-15H2,1-2,4-5H3/b16-10+,17-9+/t20-,21-,22-/m0/s1. The van der Waals surface area contributed by atoms with Gasteiger partial charge in [0.15, 0.2) is 0 Å². The number of fused-ring (bicyclic) bond motifs is 1. The van der Waals surface area contributed by atoms with Crippen LogP contribution in [0.1, 0.15) is 72.6 Å². The predicted octanol–water partition coefficient (Wildman–Crippen LogP) is 5.52. The molecule has 140 valence electrons. The van der Waals surface area contributed by atoms with Crippen LogP contribution >= 0.6 is 0 Å². The molecule has 0 aromatic heterocycles. The van der Waals surface area contributed by atoms with Crippen molar-refractivity contribution in [2.75, 3.05) is 6.61 Å². The molecule has 1 heterocycles. The van der Waals surface area contributed by atoms with Crippen LogP contribution in [0.25, 0.3) is 0 Å². The maximum Gasteiger partial charge on any atom is 0.302 e. The van der Waals surface area contributed by atoms with Crippen LogP contribution in [-0.2, 0) is 14.3 Å². The van der Waals surface area contributed by atoms with Gasteiger partial charge in [-0.15, -0.1) is 0 Å². The molecule has 0 unspecified atom stereocenters. The third kappa shape index (κ3) is 6.47. The van der Waals surface area contributed by atoms with Crippen molar-refractivity contribution in [3.05, 3.63) is 35.5 Å². The molecule has 0 N–H and O–H groups in total. The van der Waals surface area contributed by atoms with Gasteiger partial charge in [0.05, 0.1) is 11.7 Å². The van der Waals surface area contributed by atoms with E-state index in [1.54, 1.807) is 0 Å². The maximum absolute atomic E-state index is 11.1. The number of epoxide rings is 1. The summed E-state index contributed by atoms with van der Waals surface area (Å²) in [5, 5.41) is 0. The summed E-state index contributed by atoms with van der Waals surface area (Å²) in [5.41, 5.74) is 3.94. The van der Waals surface area contributed by atoms with Crippen LogP contribution in [0.2, 0.25) is 0 Å². The van der Waals surface area contributed by atoms with Gasteiger partial charge in [-0.2, -0.15) is 0 Å². The fourth-order valence-corrected chi connectivity index (χ4v) is 3.62. The van der Waals surface area contributed by atoms with Crippen molar-refractivity contribution >= 4 is 5.97 Å². The lowest BCUT2D eigenvalue weighted by molar-refractivity contribution is -0.140. The Morgan fingerprint density at radius 2 is 1.96 bits per heavy atom. The molecule has 0 amide bonds. The Kier molecular flexibility index (Phi) is 7.06. The molecule has 0 bridgehead atoms. The summed E-state index contributed by atoms with van der Waals surface area (Å²) in [4.78, 5) is 11.1. The van der Waals surface area contributed by atoms with Gasteiger partial charge in [0.2, 0.25) is 0 Å². The first-order valence-corrected chi connectivity index (χ1v) is 9.60. The van der Waals surface area contributed by atoms with Crippen molar-refractivity contribution in [3.8, 4) is 0 Å². The Balaban J connectivity index is 2.04. The first kappa shape index (κ1) is 20.0. The van der Waals surface area contributed by atoms with Crippen molar-refractivity contribution in [2.45, 2.75) is 84.3 Å². The lowest BCUT2D eigenvalue weighted by Crippen LogP contribution is -2.17. The summed E-state index contributed by atoms with van der Waals surface area (Å²) in [6.07, 6.45) is 12.5. The first-order chi connectivity index (χ1) is 11.8. The number of hydrogen-bond donors (Lipinski definition) is 0. The fraction of sp³-hybridized carbons (Fsp3) is 0.682. The second-order valence-corrected chi connectivity index (χ2v) is 8.01. The van der Waals surface area contributed by atoms with Gasteiger partial charge >= 0.3 is 5.97 Å². The molecule has 0 saturated carbocycles. The van der Waals surface area contributed by atoms with E-state index in [4.69, 9.17) is 9.47 Å². The molecule has 1 aliphatic carbocycles. The van der Waals surface area contributed by atoms with Crippen molar-refractivity contribution in [1.29, 1.82) is 0 Å². The third-order valence-electron chi connectivity index (χ3n) is 5.62.